The van der Waals surface area contributed by atoms with Gasteiger partial charge in [0.2, 0.25) is 0 Å². The van der Waals surface area contributed by atoms with E-state index in [0.717, 1.165) is 18.2 Å². The van der Waals surface area contributed by atoms with E-state index < -0.39 is 0 Å². The third-order valence-electron chi connectivity index (χ3n) is 3.46. The average Bonchev–Trinajstić information content (AvgIpc) is 2.23. The number of rotatable bonds is 5. The highest BCUT2D eigenvalue weighted by molar-refractivity contribution is 5.53. The molecule has 2 heteroatoms. The van der Waals surface area contributed by atoms with Crippen molar-refractivity contribution >= 4 is 11.4 Å². The second-order valence-corrected chi connectivity index (χ2v) is 4.83. The molecular weight excluding hydrogens is 196 g/mol. The van der Waals surface area contributed by atoms with Crippen molar-refractivity contribution < 1.29 is 0 Å². The van der Waals surface area contributed by atoms with Crippen molar-refractivity contribution in [3.63, 3.8) is 0 Å². The Hall–Kier alpha value is -1.18. The van der Waals surface area contributed by atoms with Gasteiger partial charge in [-0.3, -0.25) is 0 Å². The van der Waals surface area contributed by atoms with Crippen LogP contribution >= 0.6 is 0 Å². The zero-order valence-corrected chi connectivity index (χ0v) is 10.2. The minimum Gasteiger partial charge on any atom is -0.399 e. The Bertz CT molecular complexity index is 314. The molecule has 2 rings (SSSR count). The van der Waals surface area contributed by atoms with Crippen molar-refractivity contribution in [2.45, 2.75) is 32.6 Å². The molecule has 0 heterocycles. The van der Waals surface area contributed by atoms with E-state index in [1.54, 1.807) is 0 Å². The maximum atomic E-state index is 5.72. The molecule has 1 fully saturated rings. The fourth-order valence-corrected chi connectivity index (χ4v) is 2.27. The summed E-state index contributed by atoms with van der Waals surface area (Å²) in [5, 5.41) is 0. The summed E-state index contributed by atoms with van der Waals surface area (Å²) in [5.41, 5.74) is 7.89. The molecule has 16 heavy (non-hydrogen) atoms. The Morgan fingerprint density at radius 3 is 2.44 bits per heavy atom. The van der Waals surface area contributed by atoms with E-state index in [-0.39, 0.29) is 0 Å². The molecule has 1 aliphatic carbocycles. The van der Waals surface area contributed by atoms with Gasteiger partial charge < -0.3 is 10.6 Å². The molecule has 1 aliphatic rings. The molecule has 0 saturated heterocycles. The summed E-state index contributed by atoms with van der Waals surface area (Å²) in [6.07, 6.45) is 5.45. The van der Waals surface area contributed by atoms with Crippen LogP contribution in [0.3, 0.4) is 0 Å². The molecule has 0 aromatic heterocycles. The van der Waals surface area contributed by atoms with Gasteiger partial charge in [0.25, 0.3) is 0 Å². The van der Waals surface area contributed by atoms with Crippen LogP contribution in [-0.4, -0.2) is 13.1 Å². The van der Waals surface area contributed by atoms with Crippen molar-refractivity contribution in [1.29, 1.82) is 0 Å². The molecule has 88 valence electrons. The van der Waals surface area contributed by atoms with Crippen molar-refractivity contribution in [3.8, 4) is 0 Å². The molecule has 1 aromatic rings. The van der Waals surface area contributed by atoms with Gasteiger partial charge in [-0.2, -0.15) is 0 Å². The van der Waals surface area contributed by atoms with Crippen molar-refractivity contribution in [2.75, 3.05) is 23.7 Å². The number of nitrogen functional groups attached to an aromatic ring is 1. The highest BCUT2D eigenvalue weighted by atomic mass is 15.1. The first-order valence-corrected chi connectivity index (χ1v) is 6.40. The Morgan fingerprint density at radius 1 is 1.25 bits per heavy atom. The first-order valence-electron chi connectivity index (χ1n) is 6.40. The predicted molar refractivity (Wildman–Crippen MR) is 70.7 cm³/mol. The quantitative estimate of drug-likeness (QED) is 0.768. The highest BCUT2D eigenvalue weighted by Gasteiger charge is 2.20. The van der Waals surface area contributed by atoms with Crippen LogP contribution < -0.4 is 10.6 Å². The summed E-state index contributed by atoms with van der Waals surface area (Å²) in [6.45, 7) is 4.61. The standard InChI is InChI=1S/C14H22N2/c1-2-10-16(11-12-4-3-5-12)14-8-6-13(15)7-9-14/h6-9,12H,2-5,10-11,15H2,1H3. The minimum atomic E-state index is 0.851. The van der Waals surface area contributed by atoms with Crippen LogP contribution in [-0.2, 0) is 0 Å². The first kappa shape index (κ1) is 11.3. The molecule has 1 saturated carbocycles. The largest absolute Gasteiger partial charge is 0.399 e. The number of hydrogen-bond acceptors (Lipinski definition) is 2. The van der Waals surface area contributed by atoms with Crippen molar-refractivity contribution in [2.24, 2.45) is 5.92 Å². The SMILES string of the molecule is CCCN(CC1CCC1)c1ccc(N)cc1. The van der Waals surface area contributed by atoms with E-state index in [1.807, 2.05) is 12.1 Å². The van der Waals surface area contributed by atoms with Crippen molar-refractivity contribution in [1.82, 2.24) is 0 Å². The van der Waals surface area contributed by atoms with Gasteiger partial charge in [-0.1, -0.05) is 13.3 Å². The molecule has 1 aromatic carbocycles. The van der Waals surface area contributed by atoms with E-state index >= 15 is 0 Å². The van der Waals surface area contributed by atoms with Crippen LogP contribution in [0, 0.1) is 5.92 Å². The molecule has 0 spiro atoms. The Balaban J connectivity index is 2.01. The van der Waals surface area contributed by atoms with Crippen LogP contribution in [0.4, 0.5) is 11.4 Å². The highest BCUT2D eigenvalue weighted by Crippen LogP contribution is 2.29. The molecule has 0 unspecified atom stereocenters. The summed E-state index contributed by atoms with van der Waals surface area (Å²) in [5.74, 6) is 0.920. The fourth-order valence-electron chi connectivity index (χ4n) is 2.27. The van der Waals surface area contributed by atoms with Gasteiger partial charge in [0.05, 0.1) is 0 Å². The van der Waals surface area contributed by atoms with Gasteiger partial charge in [0, 0.05) is 24.5 Å². The van der Waals surface area contributed by atoms with Gasteiger partial charge in [-0.05, 0) is 49.4 Å². The third-order valence-corrected chi connectivity index (χ3v) is 3.46. The predicted octanol–water partition coefficient (Wildman–Crippen LogP) is 3.29. The number of hydrogen-bond donors (Lipinski definition) is 1. The molecule has 0 bridgehead atoms. The zero-order chi connectivity index (χ0) is 11.4. The van der Waals surface area contributed by atoms with E-state index in [0.29, 0.717) is 0 Å². The van der Waals surface area contributed by atoms with Crippen LogP contribution in [0.2, 0.25) is 0 Å². The molecular formula is C14H22N2. The van der Waals surface area contributed by atoms with Crippen LogP contribution in [0.1, 0.15) is 32.6 Å². The maximum Gasteiger partial charge on any atom is 0.0367 e. The van der Waals surface area contributed by atoms with E-state index in [2.05, 4.69) is 24.0 Å². The van der Waals surface area contributed by atoms with Gasteiger partial charge >= 0.3 is 0 Å². The molecule has 0 amide bonds. The maximum absolute atomic E-state index is 5.72. The second-order valence-electron chi connectivity index (χ2n) is 4.83. The minimum absolute atomic E-state index is 0.851. The van der Waals surface area contributed by atoms with Gasteiger partial charge in [-0.25, -0.2) is 0 Å². The molecule has 2 N–H and O–H groups in total. The van der Waals surface area contributed by atoms with Gasteiger partial charge in [-0.15, -0.1) is 0 Å². The lowest BCUT2D eigenvalue weighted by molar-refractivity contribution is 0.317. The molecule has 0 atom stereocenters. The first-order chi connectivity index (χ1) is 7.79. The van der Waals surface area contributed by atoms with E-state index in [9.17, 15) is 0 Å². The number of anilines is 2. The molecule has 0 radical (unpaired) electrons. The average molecular weight is 218 g/mol. The summed E-state index contributed by atoms with van der Waals surface area (Å²) >= 11 is 0. The Kier molecular flexibility index (Phi) is 3.70. The summed E-state index contributed by atoms with van der Waals surface area (Å²) in [7, 11) is 0. The summed E-state index contributed by atoms with van der Waals surface area (Å²) < 4.78 is 0. The number of nitrogens with two attached hydrogens (primary N) is 1. The van der Waals surface area contributed by atoms with Crippen molar-refractivity contribution in [3.05, 3.63) is 24.3 Å². The van der Waals surface area contributed by atoms with E-state index in [4.69, 9.17) is 5.73 Å². The van der Waals surface area contributed by atoms with Crippen LogP contribution in [0.25, 0.3) is 0 Å². The Morgan fingerprint density at radius 2 is 1.94 bits per heavy atom. The Labute approximate surface area is 98.4 Å². The monoisotopic (exact) mass is 218 g/mol. The summed E-state index contributed by atoms with van der Waals surface area (Å²) in [4.78, 5) is 2.50. The number of nitrogens with zero attached hydrogens (tertiary/aromatic N) is 1. The fraction of sp³-hybridized carbons (Fsp3) is 0.571. The lowest BCUT2D eigenvalue weighted by atomic mass is 9.85. The third kappa shape index (κ3) is 2.69. The second kappa shape index (κ2) is 5.24. The smallest absolute Gasteiger partial charge is 0.0367 e. The lowest BCUT2D eigenvalue weighted by Crippen LogP contribution is -2.33. The number of benzene rings is 1. The zero-order valence-electron chi connectivity index (χ0n) is 10.2. The van der Waals surface area contributed by atoms with Gasteiger partial charge in [0.15, 0.2) is 0 Å². The van der Waals surface area contributed by atoms with Crippen LogP contribution in [0.5, 0.6) is 0 Å². The normalized spacial score (nSPS) is 15.8. The van der Waals surface area contributed by atoms with E-state index in [1.165, 1.54) is 37.9 Å². The van der Waals surface area contributed by atoms with Crippen LogP contribution in [0.15, 0.2) is 24.3 Å². The molecule has 2 nitrogen and oxygen atoms in total. The lowest BCUT2D eigenvalue weighted by Gasteiger charge is -2.33. The van der Waals surface area contributed by atoms with Gasteiger partial charge in [0.1, 0.15) is 0 Å². The summed E-state index contributed by atoms with van der Waals surface area (Å²) in [6, 6.07) is 8.28. The molecule has 0 aliphatic heterocycles. The topological polar surface area (TPSA) is 29.3 Å².